The molecule has 0 fully saturated rings. The normalized spacial score (nSPS) is 11.1. The molecule has 0 saturated heterocycles. The standard InChI is InChI=1S/C28H31FN8O5/c1-35(2)12-13-36-17-32-34-27(36)22-15-20(10-11-31-22)42-23-9-7-19(14-21(23)29)37(28(30)38)33-16-18-6-8-24(39-3)26(41-5)25(18)40-4/h6-11,14-17H,12-13H2,1-5H3,(H2,30,38)/b33-16+. The number of benzene rings is 2. The number of halogens is 1. The van der Waals surface area contributed by atoms with Gasteiger partial charge in [-0.05, 0) is 44.4 Å². The van der Waals surface area contributed by atoms with Crippen LogP contribution in [0.25, 0.3) is 11.5 Å². The third-order valence-corrected chi connectivity index (χ3v) is 6.01. The quantitative estimate of drug-likeness (QED) is 0.196. The van der Waals surface area contributed by atoms with E-state index < -0.39 is 11.8 Å². The fourth-order valence-corrected chi connectivity index (χ4v) is 3.95. The number of nitrogens with zero attached hydrogens (tertiary/aromatic N) is 7. The fraction of sp³-hybridized carbons (Fsp3) is 0.250. The summed E-state index contributed by atoms with van der Waals surface area (Å²) < 4.78 is 38.9. The predicted octanol–water partition coefficient (Wildman–Crippen LogP) is 3.78. The first-order chi connectivity index (χ1) is 20.2. The summed E-state index contributed by atoms with van der Waals surface area (Å²) in [4.78, 5) is 18.6. The van der Waals surface area contributed by atoms with Crippen LogP contribution in [0, 0.1) is 5.82 Å². The molecule has 2 amide bonds. The number of hydrazone groups is 1. The first kappa shape index (κ1) is 29.7. The van der Waals surface area contributed by atoms with Gasteiger partial charge in [-0.1, -0.05) is 0 Å². The van der Waals surface area contributed by atoms with Crippen LogP contribution < -0.4 is 29.7 Å². The molecule has 0 aliphatic heterocycles. The number of aromatic nitrogens is 4. The SMILES string of the molecule is COc1ccc(/C=N/N(C(N)=O)c2ccc(Oc3ccnc(-c4nncn4CCN(C)C)c3)c(F)c2)c(OC)c1OC. The van der Waals surface area contributed by atoms with E-state index in [9.17, 15) is 4.79 Å². The lowest BCUT2D eigenvalue weighted by Gasteiger charge is -2.17. The van der Waals surface area contributed by atoms with Crippen LogP contribution in [0.3, 0.4) is 0 Å². The summed E-state index contributed by atoms with van der Waals surface area (Å²) in [6, 6.07) is 9.52. The highest BCUT2D eigenvalue weighted by Gasteiger charge is 2.18. The molecule has 0 bridgehead atoms. The van der Waals surface area contributed by atoms with Crippen LogP contribution in [0.4, 0.5) is 14.9 Å². The molecule has 0 saturated carbocycles. The number of ether oxygens (including phenoxy) is 4. The molecular formula is C28H31FN8O5. The Morgan fingerprint density at radius 3 is 2.48 bits per heavy atom. The maximum atomic E-state index is 15.2. The Morgan fingerprint density at radius 1 is 1.05 bits per heavy atom. The number of urea groups is 1. The van der Waals surface area contributed by atoms with Crippen molar-refractivity contribution in [2.75, 3.05) is 47.0 Å². The molecule has 2 aromatic heterocycles. The van der Waals surface area contributed by atoms with Crippen LogP contribution in [-0.4, -0.2) is 78.9 Å². The third-order valence-electron chi connectivity index (χ3n) is 6.01. The molecule has 0 radical (unpaired) electrons. The molecule has 0 atom stereocenters. The van der Waals surface area contributed by atoms with Gasteiger partial charge in [-0.15, -0.1) is 10.2 Å². The van der Waals surface area contributed by atoms with E-state index in [1.807, 2.05) is 23.6 Å². The Hall–Kier alpha value is -5.24. The summed E-state index contributed by atoms with van der Waals surface area (Å²) in [7, 11) is 8.36. The fourth-order valence-electron chi connectivity index (χ4n) is 3.95. The Bertz CT molecular complexity index is 1580. The number of carbonyl (C=O) groups excluding carboxylic acids is 1. The molecule has 42 heavy (non-hydrogen) atoms. The molecule has 2 aromatic carbocycles. The van der Waals surface area contributed by atoms with Crippen molar-refractivity contribution in [1.82, 2.24) is 24.6 Å². The lowest BCUT2D eigenvalue weighted by atomic mass is 10.2. The van der Waals surface area contributed by atoms with E-state index in [-0.39, 0.29) is 11.4 Å². The monoisotopic (exact) mass is 578 g/mol. The largest absolute Gasteiger partial charge is 0.493 e. The zero-order chi connectivity index (χ0) is 30.2. The minimum atomic E-state index is -0.934. The van der Waals surface area contributed by atoms with Crippen LogP contribution in [0.15, 0.2) is 60.1 Å². The van der Waals surface area contributed by atoms with Gasteiger partial charge in [0.15, 0.2) is 28.9 Å². The number of pyridine rings is 1. The third kappa shape index (κ3) is 6.72. The molecule has 4 rings (SSSR count). The number of amides is 2. The highest BCUT2D eigenvalue weighted by atomic mass is 19.1. The van der Waals surface area contributed by atoms with E-state index >= 15 is 4.39 Å². The summed E-state index contributed by atoms with van der Waals surface area (Å²) in [5, 5.41) is 13.1. The molecule has 2 heterocycles. The topological polar surface area (TPSA) is 142 Å². The van der Waals surface area contributed by atoms with Crippen molar-refractivity contribution in [3.63, 3.8) is 0 Å². The van der Waals surface area contributed by atoms with E-state index in [0.29, 0.717) is 46.6 Å². The number of rotatable bonds is 12. The van der Waals surface area contributed by atoms with E-state index in [1.165, 1.54) is 45.9 Å². The molecule has 13 nitrogen and oxygen atoms in total. The van der Waals surface area contributed by atoms with Gasteiger partial charge in [-0.25, -0.2) is 9.18 Å². The minimum Gasteiger partial charge on any atom is -0.493 e. The predicted molar refractivity (Wildman–Crippen MR) is 154 cm³/mol. The van der Waals surface area contributed by atoms with Crippen molar-refractivity contribution in [3.05, 3.63) is 66.4 Å². The van der Waals surface area contributed by atoms with Gasteiger partial charge < -0.3 is 34.1 Å². The van der Waals surface area contributed by atoms with E-state index in [2.05, 4.69) is 20.3 Å². The van der Waals surface area contributed by atoms with Gasteiger partial charge in [0.25, 0.3) is 0 Å². The number of hydrogen-bond acceptors (Lipinski definition) is 10. The highest BCUT2D eigenvalue weighted by Crippen LogP contribution is 2.39. The van der Waals surface area contributed by atoms with Crippen LogP contribution in [0.5, 0.6) is 28.7 Å². The van der Waals surface area contributed by atoms with Crippen LogP contribution in [0.2, 0.25) is 0 Å². The van der Waals surface area contributed by atoms with Gasteiger partial charge in [-0.2, -0.15) is 10.1 Å². The zero-order valence-corrected chi connectivity index (χ0v) is 23.8. The maximum absolute atomic E-state index is 15.2. The van der Waals surface area contributed by atoms with Crippen LogP contribution in [-0.2, 0) is 6.54 Å². The van der Waals surface area contributed by atoms with E-state index in [4.69, 9.17) is 24.7 Å². The molecule has 220 valence electrons. The smallest absolute Gasteiger partial charge is 0.340 e. The Labute approximate surface area is 241 Å². The van der Waals surface area contributed by atoms with Gasteiger partial charge in [-0.3, -0.25) is 4.98 Å². The second-order valence-electron chi connectivity index (χ2n) is 9.06. The summed E-state index contributed by atoms with van der Waals surface area (Å²) in [6.07, 6.45) is 4.50. The summed E-state index contributed by atoms with van der Waals surface area (Å²) >= 11 is 0. The summed E-state index contributed by atoms with van der Waals surface area (Å²) in [5.74, 6) is 1.18. The molecule has 0 aliphatic rings. The van der Waals surface area contributed by atoms with Crippen molar-refractivity contribution in [2.24, 2.45) is 10.8 Å². The Morgan fingerprint density at radius 2 is 1.81 bits per heavy atom. The molecule has 2 N–H and O–H groups in total. The molecule has 14 heteroatoms. The second kappa shape index (κ2) is 13.4. The second-order valence-corrected chi connectivity index (χ2v) is 9.06. The van der Waals surface area contributed by atoms with Crippen molar-refractivity contribution < 1.29 is 28.1 Å². The summed E-state index contributed by atoms with van der Waals surface area (Å²) in [6.45, 7) is 1.45. The van der Waals surface area contributed by atoms with Gasteiger partial charge in [0, 0.05) is 37.0 Å². The maximum Gasteiger partial charge on any atom is 0.340 e. The Balaban J connectivity index is 1.56. The van der Waals surface area contributed by atoms with Crippen molar-refractivity contribution in [1.29, 1.82) is 0 Å². The average molecular weight is 579 g/mol. The highest BCUT2D eigenvalue weighted by molar-refractivity contribution is 5.94. The summed E-state index contributed by atoms with van der Waals surface area (Å²) in [5.41, 5.74) is 6.61. The lowest BCUT2D eigenvalue weighted by molar-refractivity contribution is 0.254. The van der Waals surface area contributed by atoms with Gasteiger partial charge in [0.1, 0.15) is 17.8 Å². The van der Waals surface area contributed by atoms with Gasteiger partial charge in [0.2, 0.25) is 5.75 Å². The first-order valence-electron chi connectivity index (χ1n) is 12.6. The number of carbonyl (C=O) groups is 1. The number of likely N-dealkylation sites (N-methyl/N-ethyl adjacent to an activating group) is 1. The van der Waals surface area contributed by atoms with Crippen LogP contribution in [0.1, 0.15) is 5.56 Å². The molecule has 4 aromatic rings. The average Bonchev–Trinajstić information content (AvgIpc) is 3.46. The molecule has 0 spiro atoms. The van der Waals surface area contributed by atoms with E-state index in [1.54, 1.807) is 30.6 Å². The Kier molecular flexibility index (Phi) is 9.50. The minimum absolute atomic E-state index is 0.0763. The van der Waals surface area contributed by atoms with Crippen molar-refractivity contribution in [3.8, 4) is 40.3 Å². The molecular weight excluding hydrogens is 547 g/mol. The first-order valence-corrected chi connectivity index (χ1v) is 12.6. The number of anilines is 1. The van der Waals surface area contributed by atoms with Gasteiger partial charge >= 0.3 is 6.03 Å². The number of hydrogen-bond donors (Lipinski definition) is 1. The van der Waals surface area contributed by atoms with E-state index in [0.717, 1.165) is 17.6 Å². The van der Waals surface area contributed by atoms with Crippen LogP contribution >= 0.6 is 0 Å². The number of methoxy groups -OCH3 is 3. The van der Waals surface area contributed by atoms with Crippen molar-refractivity contribution >= 4 is 17.9 Å². The lowest BCUT2D eigenvalue weighted by Crippen LogP contribution is -2.31. The zero-order valence-electron chi connectivity index (χ0n) is 23.8. The number of primary amides is 1. The molecule has 0 aliphatic carbocycles. The van der Waals surface area contributed by atoms with Gasteiger partial charge in [0.05, 0.1) is 33.2 Å². The number of nitrogens with two attached hydrogens (primary N) is 1. The van der Waals surface area contributed by atoms with Crippen molar-refractivity contribution in [2.45, 2.75) is 6.54 Å². The molecule has 0 unspecified atom stereocenters.